The summed E-state index contributed by atoms with van der Waals surface area (Å²) in [5, 5.41) is 3.06. The van der Waals surface area contributed by atoms with Crippen LogP contribution in [0.4, 0.5) is 0 Å². The molecule has 1 aliphatic carbocycles. The molecule has 2 fully saturated rings. The van der Waals surface area contributed by atoms with Gasteiger partial charge >= 0.3 is 0 Å². The maximum Gasteiger partial charge on any atom is 0.248 e. The zero-order valence-corrected chi connectivity index (χ0v) is 13.4. The number of rotatable bonds is 4. The van der Waals surface area contributed by atoms with E-state index >= 15 is 0 Å². The Morgan fingerprint density at radius 3 is 2.65 bits per heavy atom. The molecule has 1 saturated carbocycles. The number of nitrogens with one attached hydrogen (secondary N) is 1. The van der Waals surface area contributed by atoms with Gasteiger partial charge in [-0.1, -0.05) is 26.2 Å². The highest BCUT2D eigenvalue weighted by molar-refractivity contribution is 7.99. The molecule has 1 spiro atoms. The van der Waals surface area contributed by atoms with Gasteiger partial charge in [-0.3, -0.25) is 9.59 Å². The van der Waals surface area contributed by atoms with Crippen molar-refractivity contribution in [2.24, 2.45) is 0 Å². The molecule has 5 heteroatoms. The number of hydrogen-bond acceptors (Lipinski definition) is 3. The second-order valence-electron chi connectivity index (χ2n) is 5.94. The predicted molar refractivity (Wildman–Crippen MR) is 82.7 cm³/mol. The van der Waals surface area contributed by atoms with Gasteiger partial charge in [0.25, 0.3) is 0 Å². The van der Waals surface area contributed by atoms with Crippen molar-refractivity contribution in [3.63, 3.8) is 0 Å². The molecule has 2 amide bonds. The van der Waals surface area contributed by atoms with E-state index in [-0.39, 0.29) is 17.9 Å². The normalized spacial score (nSPS) is 26.5. The Morgan fingerprint density at radius 2 is 2.00 bits per heavy atom. The fraction of sp³-hybridized carbons (Fsp3) is 0.867. The molecule has 0 aromatic heterocycles. The standard InChI is InChI=1S/C15H26N2O2S/c1-3-20-10-9-17-12(2)11-13(18)16-15(14(17)19)7-5-4-6-8-15/h12H,3-11H2,1-2H3,(H,16,18). The van der Waals surface area contributed by atoms with Gasteiger partial charge in [-0.25, -0.2) is 0 Å². The van der Waals surface area contributed by atoms with E-state index in [4.69, 9.17) is 0 Å². The van der Waals surface area contributed by atoms with Crippen molar-refractivity contribution in [3.8, 4) is 0 Å². The first kappa shape index (κ1) is 15.7. The summed E-state index contributed by atoms with van der Waals surface area (Å²) in [6.07, 6.45) is 5.30. The van der Waals surface area contributed by atoms with E-state index in [0.29, 0.717) is 6.42 Å². The monoisotopic (exact) mass is 298 g/mol. The largest absolute Gasteiger partial charge is 0.342 e. The van der Waals surface area contributed by atoms with Crippen LogP contribution in [0.5, 0.6) is 0 Å². The predicted octanol–water partition coefficient (Wildman–Crippen LogP) is 2.18. The van der Waals surface area contributed by atoms with E-state index in [1.807, 2.05) is 23.6 Å². The zero-order chi connectivity index (χ0) is 14.6. The van der Waals surface area contributed by atoms with Crippen LogP contribution in [0.2, 0.25) is 0 Å². The molecule has 114 valence electrons. The van der Waals surface area contributed by atoms with Crippen LogP contribution >= 0.6 is 11.8 Å². The van der Waals surface area contributed by atoms with Crippen molar-refractivity contribution in [2.75, 3.05) is 18.1 Å². The molecule has 1 atom stereocenters. The summed E-state index contributed by atoms with van der Waals surface area (Å²) in [7, 11) is 0. The second-order valence-corrected chi connectivity index (χ2v) is 7.33. The number of thioether (sulfide) groups is 1. The smallest absolute Gasteiger partial charge is 0.248 e. The number of nitrogens with zero attached hydrogens (tertiary/aromatic N) is 1. The lowest BCUT2D eigenvalue weighted by molar-refractivity contribution is -0.141. The molecule has 0 radical (unpaired) electrons. The van der Waals surface area contributed by atoms with Crippen LogP contribution in [-0.2, 0) is 9.59 Å². The Balaban J connectivity index is 2.16. The molecule has 1 aliphatic heterocycles. The molecular formula is C15H26N2O2S. The van der Waals surface area contributed by atoms with Crippen molar-refractivity contribution in [2.45, 2.75) is 64.0 Å². The molecule has 0 aromatic carbocycles. The fourth-order valence-corrected chi connectivity index (χ4v) is 3.96. The maximum atomic E-state index is 13.0. The first-order chi connectivity index (χ1) is 9.59. The summed E-state index contributed by atoms with van der Waals surface area (Å²) >= 11 is 1.85. The quantitative estimate of drug-likeness (QED) is 0.809. The Labute approximate surface area is 126 Å². The van der Waals surface area contributed by atoms with E-state index < -0.39 is 5.54 Å². The van der Waals surface area contributed by atoms with Gasteiger partial charge in [0.2, 0.25) is 11.8 Å². The van der Waals surface area contributed by atoms with Gasteiger partial charge in [-0.15, -0.1) is 0 Å². The summed E-state index contributed by atoms with van der Waals surface area (Å²) in [6.45, 7) is 4.89. The van der Waals surface area contributed by atoms with Crippen molar-refractivity contribution < 1.29 is 9.59 Å². The third-order valence-electron chi connectivity index (χ3n) is 4.45. The Kier molecular flexibility index (Phi) is 5.35. The van der Waals surface area contributed by atoms with E-state index in [1.165, 1.54) is 6.42 Å². The highest BCUT2D eigenvalue weighted by Gasteiger charge is 2.46. The van der Waals surface area contributed by atoms with Crippen LogP contribution in [-0.4, -0.2) is 46.3 Å². The van der Waals surface area contributed by atoms with Crippen LogP contribution in [0.15, 0.2) is 0 Å². The summed E-state index contributed by atoms with van der Waals surface area (Å²) in [6, 6.07) is 0.0151. The van der Waals surface area contributed by atoms with E-state index in [2.05, 4.69) is 12.2 Å². The minimum absolute atomic E-state index is 0.0151. The average Bonchev–Trinajstić information content (AvgIpc) is 2.50. The van der Waals surface area contributed by atoms with E-state index in [9.17, 15) is 9.59 Å². The Hall–Kier alpha value is -0.710. The molecule has 1 N–H and O–H groups in total. The third-order valence-corrected chi connectivity index (χ3v) is 5.33. The average molecular weight is 298 g/mol. The SMILES string of the molecule is CCSCCN1C(=O)C2(CCCCC2)NC(=O)CC1C. The second kappa shape index (κ2) is 6.83. The van der Waals surface area contributed by atoms with Crippen LogP contribution in [0.25, 0.3) is 0 Å². The molecule has 1 heterocycles. The third kappa shape index (κ3) is 3.30. The molecule has 2 aliphatic rings. The van der Waals surface area contributed by atoms with Crippen LogP contribution in [0.1, 0.15) is 52.4 Å². The molecule has 0 bridgehead atoms. The molecule has 4 nitrogen and oxygen atoms in total. The van der Waals surface area contributed by atoms with E-state index in [1.54, 1.807) is 0 Å². The van der Waals surface area contributed by atoms with Crippen molar-refractivity contribution in [1.82, 2.24) is 10.2 Å². The number of hydrogen-bond donors (Lipinski definition) is 1. The van der Waals surface area contributed by atoms with Crippen molar-refractivity contribution in [3.05, 3.63) is 0 Å². The van der Waals surface area contributed by atoms with Gasteiger partial charge in [0.15, 0.2) is 0 Å². The summed E-state index contributed by atoms with van der Waals surface area (Å²) in [5.74, 6) is 2.22. The highest BCUT2D eigenvalue weighted by Crippen LogP contribution is 2.32. The van der Waals surface area contributed by atoms with Gasteiger partial charge in [-0.05, 0) is 25.5 Å². The minimum Gasteiger partial charge on any atom is -0.342 e. The van der Waals surface area contributed by atoms with Crippen molar-refractivity contribution in [1.29, 1.82) is 0 Å². The lowest BCUT2D eigenvalue weighted by Gasteiger charge is -2.39. The summed E-state index contributed by atoms with van der Waals surface area (Å²) < 4.78 is 0. The molecule has 0 aromatic rings. The minimum atomic E-state index is -0.600. The molecule has 1 unspecified atom stereocenters. The van der Waals surface area contributed by atoms with Gasteiger partial charge < -0.3 is 10.2 Å². The highest BCUT2D eigenvalue weighted by atomic mass is 32.2. The zero-order valence-electron chi connectivity index (χ0n) is 12.6. The lowest BCUT2D eigenvalue weighted by Crippen LogP contribution is -2.59. The maximum absolute atomic E-state index is 13.0. The number of carbonyl (C=O) groups excluding carboxylic acids is 2. The number of amides is 2. The van der Waals surface area contributed by atoms with Crippen molar-refractivity contribution >= 4 is 23.6 Å². The van der Waals surface area contributed by atoms with Gasteiger partial charge in [0.05, 0.1) is 0 Å². The number of carbonyl (C=O) groups is 2. The Morgan fingerprint density at radius 1 is 1.30 bits per heavy atom. The summed E-state index contributed by atoms with van der Waals surface area (Å²) in [4.78, 5) is 27.0. The van der Waals surface area contributed by atoms with Gasteiger partial charge in [0, 0.05) is 24.8 Å². The van der Waals surface area contributed by atoms with E-state index in [0.717, 1.165) is 43.7 Å². The van der Waals surface area contributed by atoms with Crippen LogP contribution in [0.3, 0.4) is 0 Å². The lowest BCUT2D eigenvalue weighted by atomic mass is 9.80. The molecule has 2 rings (SSSR count). The molecular weight excluding hydrogens is 272 g/mol. The first-order valence-corrected chi connectivity index (χ1v) is 8.94. The van der Waals surface area contributed by atoms with Crippen LogP contribution in [0, 0.1) is 0 Å². The van der Waals surface area contributed by atoms with Gasteiger partial charge in [0.1, 0.15) is 5.54 Å². The molecule has 20 heavy (non-hydrogen) atoms. The fourth-order valence-electron chi connectivity index (χ4n) is 3.35. The van der Waals surface area contributed by atoms with Gasteiger partial charge in [-0.2, -0.15) is 11.8 Å². The van der Waals surface area contributed by atoms with Crippen LogP contribution < -0.4 is 5.32 Å². The topological polar surface area (TPSA) is 49.4 Å². The molecule has 1 saturated heterocycles. The summed E-state index contributed by atoms with van der Waals surface area (Å²) in [5.41, 5.74) is -0.600. The Bertz CT molecular complexity index is 367. The first-order valence-electron chi connectivity index (χ1n) is 7.79.